The summed E-state index contributed by atoms with van der Waals surface area (Å²) in [6.07, 6.45) is 4.89. The number of rotatable bonds is 2. The van der Waals surface area contributed by atoms with Gasteiger partial charge in [0.25, 0.3) is 6.71 Å². The first-order valence-electron chi connectivity index (χ1n) is 15.3. The Morgan fingerprint density at radius 3 is 2.17 bits per heavy atom. The van der Waals surface area contributed by atoms with Crippen LogP contribution >= 0.6 is 11.6 Å². The van der Waals surface area contributed by atoms with Gasteiger partial charge in [-0.15, -0.1) is 0 Å². The van der Waals surface area contributed by atoms with Gasteiger partial charge in [-0.05, 0) is 89.2 Å². The minimum atomic E-state index is -0.0321. The van der Waals surface area contributed by atoms with Crippen LogP contribution < -0.4 is 26.2 Å². The van der Waals surface area contributed by atoms with Gasteiger partial charge >= 0.3 is 0 Å². The Balaban J connectivity index is 1.43. The monoisotopic (exact) mass is 562 g/mol. The predicted molar refractivity (Wildman–Crippen MR) is 179 cm³/mol. The molecule has 1 aliphatic carbocycles. The number of halogens is 1. The largest absolute Gasteiger partial charge is 0.335 e. The van der Waals surface area contributed by atoms with Gasteiger partial charge in [0, 0.05) is 38.9 Å². The SMILES string of the molecule is CC12CCCCC1(C)N1c3cc(Cl)cc4c3B(c3ccccc3N4c3ccccc3)c3cc(-c4ccccc4)cc2c31. The molecule has 4 aliphatic rings. The maximum atomic E-state index is 7.09. The highest BCUT2D eigenvalue weighted by molar-refractivity contribution is 7.00. The fourth-order valence-electron chi connectivity index (χ4n) is 8.91. The number of nitrogens with zero attached hydrogens (tertiary/aromatic N) is 2. The molecule has 5 aromatic carbocycles. The normalized spacial score (nSPS) is 22.8. The molecule has 3 heterocycles. The fourth-order valence-corrected chi connectivity index (χ4v) is 9.11. The van der Waals surface area contributed by atoms with Crippen molar-refractivity contribution in [1.29, 1.82) is 0 Å². The molecule has 1 saturated carbocycles. The van der Waals surface area contributed by atoms with E-state index in [2.05, 4.69) is 133 Å². The summed E-state index contributed by atoms with van der Waals surface area (Å²) in [5, 5.41) is 0.793. The van der Waals surface area contributed by atoms with Gasteiger partial charge in [0.2, 0.25) is 0 Å². The first-order chi connectivity index (χ1) is 20.5. The Labute approximate surface area is 253 Å². The Morgan fingerprint density at radius 2 is 1.36 bits per heavy atom. The van der Waals surface area contributed by atoms with Crippen molar-refractivity contribution in [1.82, 2.24) is 0 Å². The molecule has 0 saturated heterocycles. The molecular formula is C38H32BClN2. The molecule has 9 rings (SSSR count). The number of benzene rings is 5. The van der Waals surface area contributed by atoms with Crippen LogP contribution in [0.2, 0.25) is 5.02 Å². The van der Waals surface area contributed by atoms with E-state index in [1.54, 1.807) is 0 Å². The zero-order valence-corrected chi connectivity index (χ0v) is 24.8. The van der Waals surface area contributed by atoms with Crippen molar-refractivity contribution < 1.29 is 0 Å². The Kier molecular flexibility index (Phi) is 5.02. The number of hydrogen-bond donors (Lipinski definition) is 0. The molecule has 2 unspecified atom stereocenters. The summed E-state index contributed by atoms with van der Waals surface area (Å²) < 4.78 is 0. The molecule has 4 heteroatoms. The second-order valence-electron chi connectivity index (χ2n) is 13.0. The van der Waals surface area contributed by atoms with Gasteiger partial charge in [-0.1, -0.05) is 104 Å². The molecule has 0 bridgehead atoms. The Morgan fingerprint density at radius 1 is 0.667 bits per heavy atom. The second-order valence-corrected chi connectivity index (χ2v) is 13.4. The van der Waals surface area contributed by atoms with Crippen molar-refractivity contribution in [2.24, 2.45) is 0 Å². The van der Waals surface area contributed by atoms with Gasteiger partial charge in [0.05, 0.1) is 5.54 Å². The molecule has 0 spiro atoms. The van der Waals surface area contributed by atoms with E-state index in [0.29, 0.717) is 0 Å². The lowest BCUT2D eigenvalue weighted by Crippen LogP contribution is -2.64. The molecule has 204 valence electrons. The van der Waals surface area contributed by atoms with Gasteiger partial charge in [-0.3, -0.25) is 0 Å². The summed E-state index contributed by atoms with van der Waals surface area (Å²) in [5.41, 5.74) is 14.6. The summed E-state index contributed by atoms with van der Waals surface area (Å²) in [4.78, 5) is 5.17. The van der Waals surface area contributed by atoms with E-state index < -0.39 is 0 Å². The van der Waals surface area contributed by atoms with Crippen LogP contribution in [0.5, 0.6) is 0 Å². The number of para-hydroxylation sites is 2. The Bertz CT molecular complexity index is 1900. The fraction of sp³-hybridized carbons (Fsp3) is 0.211. The van der Waals surface area contributed by atoms with E-state index >= 15 is 0 Å². The third-order valence-electron chi connectivity index (χ3n) is 11.0. The van der Waals surface area contributed by atoms with Gasteiger partial charge in [-0.2, -0.15) is 0 Å². The minimum Gasteiger partial charge on any atom is -0.335 e. The Hall–Kier alpha value is -3.95. The van der Waals surface area contributed by atoms with E-state index in [9.17, 15) is 0 Å². The molecule has 0 aromatic heterocycles. The van der Waals surface area contributed by atoms with Crippen LogP contribution in [0.3, 0.4) is 0 Å². The maximum absolute atomic E-state index is 7.09. The molecule has 5 aromatic rings. The van der Waals surface area contributed by atoms with Crippen LogP contribution in [0.1, 0.15) is 45.1 Å². The van der Waals surface area contributed by atoms with E-state index in [4.69, 9.17) is 11.6 Å². The first kappa shape index (κ1) is 24.6. The predicted octanol–water partition coefficient (Wildman–Crippen LogP) is 8.36. The standard InChI is InChI=1S/C38H32BClN2/c1-37-19-11-12-20-38(37,2)42-34-24-27(40)23-33-35(34)39(30-17-9-10-18-32(30)41(33)28-15-7-4-8-16-28)31-22-26(21-29(37)36(31)42)25-13-5-3-6-14-25/h3-10,13-18,21-24H,11-12,19-20H2,1-2H3. The lowest BCUT2D eigenvalue weighted by molar-refractivity contribution is 0.195. The molecule has 0 N–H and O–H groups in total. The van der Waals surface area contributed by atoms with Gasteiger partial charge in [-0.25, -0.2) is 0 Å². The van der Waals surface area contributed by atoms with E-state index in [1.165, 1.54) is 81.5 Å². The van der Waals surface area contributed by atoms with Crippen LogP contribution in [-0.4, -0.2) is 12.3 Å². The van der Waals surface area contributed by atoms with Gasteiger partial charge in [0.1, 0.15) is 0 Å². The van der Waals surface area contributed by atoms with Crippen LogP contribution in [0.15, 0.2) is 109 Å². The zero-order chi connectivity index (χ0) is 28.2. The molecule has 42 heavy (non-hydrogen) atoms. The third-order valence-corrected chi connectivity index (χ3v) is 11.2. The highest BCUT2D eigenvalue weighted by atomic mass is 35.5. The molecule has 2 nitrogen and oxygen atoms in total. The maximum Gasteiger partial charge on any atom is 0.252 e. The summed E-state index contributed by atoms with van der Waals surface area (Å²) in [5.74, 6) is 0. The van der Waals surface area contributed by atoms with Gasteiger partial charge < -0.3 is 9.80 Å². The average Bonchev–Trinajstić information content (AvgIpc) is 3.23. The van der Waals surface area contributed by atoms with Crippen molar-refractivity contribution in [2.75, 3.05) is 9.80 Å². The van der Waals surface area contributed by atoms with Crippen molar-refractivity contribution in [3.8, 4) is 11.1 Å². The van der Waals surface area contributed by atoms with Crippen LogP contribution in [-0.2, 0) is 5.41 Å². The third kappa shape index (κ3) is 3.02. The summed E-state index contributed by atoms with van der Waals surface area (Å²) >= 11 is 7.09. The lowest BCUT2D eigenvalue weighted by atomic mass is 9.33. The van der Waals surface area contributed by atoms with Crippen LogP contribution in [0.25, 0.3) is 11.1 Å². The highest BCUT2D eigenvalue weighted by Gasteiger charge is 2.61. The van der Waals surface area contributed by atoms with Crippen LogP contribution in [0.4, 0.5) is 28.4 Å². The van der Waals surface area contributed by atoms with Crippen molar-refractivity contribution in [3.63, 3.8) is 0 Å². The second kappa shape index (κ2) is 8.55. The molecular weight excluding hydrogens is 531 g/mol. The molecule has 0 radical (unpaired) electrons. The average molecular weight is 563 g/mol. The molecule has 1 fully saturated rings. The van der Waals surface area contributed by atoms with Crippen molar-refractivity contribution in [2.45, 2.75) is 50.5 Å². The van der Waals surface area contributed by atoms with Crippen LogP contribution in [0, 0.1) is 0 Å². The van der Waals surface area contributed by atoms with Crippen molar-refractivity contribution >= 4 is 63.1 Å². The number of hydrogen-bond acceptors (Lipinski definition) is 2. The molecule has 0 amide bonds. The van der Waals surface area contributed by atoms with E-state index in [-0.39, 0.29) is 17.7 Å². The topological polar surface area (TPSA) is 6.48 Å². The van der Waals surface area contributed by atoms with Gasteiger partial charge in [0.15, 0.2) is 0 Å². The summed E-state index contributed by atoms with van der Waals surface area (Å²) in [6, 6.07) is 40.2. The summed E-state index contributed by atoms with van der Waals surface area (Å²) in [6.45, 7) is 5.19. The minimum absolute atomic E-state index is 0.0321. The summed E-state index contributed by atoms with van der Waals surface area (Å²) in [7, 11) is 0. The quantitative estimate of drug-likeness (QED) is 0.196. The smallest absolute Gasteiger partial charge is 0.252 e. The number of fused-ring (bicyclic) bond motifs is 7. The first-order valence-corrected chi connectivity index (χ1v) is 15.7. The van der Waals surface area contributed by atoms with Crippen molar-refractivity contribution in [3.05, 3.63) is 120 Å². The number of anilines is 5. The molecule has 3 aliphatic heterocycles. The van der Waals surface area contributed by atoms with E-state index in [1.807, 2.05) is 0 Å². The molecule has 2 atom stereocenters. The lowest BCUT2D eigenvalue weighted by Gasteiger charge is -2.52. The van der Waals surface area contributed by atoms with E-state index in [0.717, 1.165) is 10.7 Å². The zero-order valence-electron chi connectivity index (χ0n) is 24.1. The highest BCUT2D eigenvalue weighted by Crippen LogP contribution is 2.62.